The topological polar surface area (TPSA) is 78.9 Å². The maximum atomic E-state index is 13.5. The lowest BCUT2D eigenvalue weighted by atomic mass is 9.79. The lowest BCUT2D eigenvalue weighted by Gasteiger charge is -2.37. The first-order valence-electron chi connectivity index (χ1n) is 11.2. The van der Waals surface area contributed by atoms with E-state index in [1.807, 2.05) is 56.0 Å². The fourth-order valence-corrected chi connectivity index (χ4v) is 5.39. The molecule has 0 spiro atoms. The van der Waals surface area contributed by atoms with Crippen LogP contribution in [0.25, 0.3) is 0 Å². The molecule has 3 fully saturated rings. The normalized spacial score (nSPS) is 28.0. The van der Waals surface area contributed by atoms with Gasteiger partial charge in [0, 0.05) is 30.5 Å². The summed E-state index contributed by atoms with van der Waals surface area (Å²) < 4.78 is 5.39. The number of likely N-dealkylation sites (tertiary alicyclic amines) is 1. The van der Waals surface area contributed by atoms with Gasteiger partial charge in [0.1, 0.15) is 0 Å². The highest BCUT2D eigenvalue weighted by Gasteiger charge is 2.59. The van der Waals surface area contributed by atoms with Crippen LogP contribution in [0.2, 0.25) is 0 Å². The van der Waals surface area contributed by atoms with E-state index in [1.165, 1.54) is 0 Å². The van der Waals surface area contributed by atoms with E-state index in [-0.39, 0.29) is 23.5 Å². The van der Waals surface area contributed by atoms with Crippen LogP contribution in [0.15, 0.2) is 30.3 Å². The molecule has 2 saturated carbocycles. The number of hydrogen-bond acceptors (Lipinski definition) is 4. The average molecular weight is 415 g/mol. The van der Waals surface area contributed by atoms with E-state index >= 15 is 0 Å². The van der Waals surface area contributed by atoms with E-state index in [0.717, 1.165) is 25.7 Å². The molecule has 0 radical (unpaired) electrons. The van der Waals surface area contributed by atoms with Crippen LogP contribution < -0.4 is 5.32 Å². The van der Waals surface area contributed by atoms with Gasteiger partial charge in [-0.05, 0) is 51.0 Å². The number of carbonyl (C=O) groups is 2. The number of nitrogens with one attached hydrogen (secondary N) is 1. The van der Waals surface area contributed by atoms with Gasteiger partial charge in [-0.15, -0.1) is 0 Å². The molecule has 1 saturated heterocycles. The van der Waals surface area contributed by atoms with Crippen LogP contribution in [0, 0.1) is 23.7 Å². The van der Waals surface area contributed by atoms with Crippen LogP contribution in [0.1, 0.15) is 52.0 Å². The molecule has 6 heteroatoms. The third kappa shape index (κ3) is 4.07. The number of fused-ring (bicyclic) bond motifs is 1. The Labute approximate surface area is 179 Å². The monoisotopic (exact) mass is 414 g/mol. The molecule has 2 N–H and O–H groups in total. The fraction of sp³-hybridized carbons (Fsp3) is 0.667. The molecular formula is C24H34N2O4. The number of amides is 2. The van der Waals surface area contributed by atoms with E-state index in [4.69, 9.17) is 4.74 Å². The van der Waals surface area contributed by atoms with E-state index in [2.05, 4.69) is 5.32 Å². The highest BCUT2D eigenvalue weighted by molar-refractivity contribution is 5.87. The van der Waals surface area contributed by atoms with Crippen LogP contribution in [-0.4, -0.2) is 47.2 Å². The minimum absolute atomic E-state index is 0.0236. The van der Waals surface area contributed by atoms with E-state index < -0.39 is 5.60 Å². The van der Waals surface area contributed by atoms with E-state index in [9.17, 15) is 14.7 Å². The number of rotatable bonds is 5. The molecule has 1 aliphatic heterocycles. The van der Waals surface area contributed by atoms with Crippen molar-refractivity contribution in [2.24, 2.45) is 23.7 Å². The molecule has 1 heterocycles. The molecule has 6 nitrogen and oxygen atoms in total. The summed E-state index contributed by atoms with van der Waals surface area (Å²) in [6, 6.07) is 9.43. The van der Waals surface area contributed by atoms with Gasteiger partial charge in [0.25, 0.3) is 5.91 Å². The van der Waals surface area contributed by atoms with Crippen LogP contribution in [0.5, 0.6) is 0 Å². The molecule has 3 unspecified atom stereocenters. The summed E-state index contributed by atoms with van der Waals surface area (Å²) in [5.41, 5.74) is -1.05. The Morgan fingerprint density at radius 1 is 1.10 bits per heavy atom. The number of benzene rings is 1. The number of aliphatic hydroxyl groups is 1. The van der Waals surface area contributed by atoms with Crippen LogP contribution >= 0.6 is 0 Å². The van der Waals surface area contributed by atoms with Gasteiger partial charge in [-0.25, -0.2) is 4.79 Å². The van der Waals surface area contributed by atoms with E-state index in [0.29, 0.717) is 43.0 Å². The number of carbonyl (C=O) groups excluding carboxylic acids is 2. The molecule has 2 amide bonds. The first kappa shape index (κ1) is 21.2. The Balaban J connectivity index is 1.37. The van der Waals surface area contributed by atoms with Crippen molar-refractivity contribution in [2.45, 2.75) is 57.6 Å². The van der Waals surface area contributed by atoms with Gasteiger partial charge < -0.3 is 20.1 Å². The molecule has 0 bridgehead atoms. The van der Waals surface area contributed by atoms with Gasteiger partial charge in [0.2, 0.25) is 0 Å². The number of ether oxygens (including phenoxy) is 1. The third-order valence-electron chi connectivity index (χ3n) is 7.03. The molecule has 164 valence electrons. The van der Waals surface area contributed by atoms with Crippen molar-refractivity contribution in [2.75, 3.05) is 19.7 Å². The molecule has 1 aromatic carbocycles. The number of hydrogen-bond donors (Lipinski definition) is 2. The van der Waals surface area contributed by atoms with Crippen molar-refractivity contribution >= 4 is 12.0 Å². The largest absolute Gasteiger partial charge is 0.449 e. The first-order valence-corrected chi connectivity index (χ1v) is 11.2. The first-order chi connectivity index (χ1) is 14.2. The van der Waals surface area contributed by atoms with Crippen LogP contribution in [0.3, 0.4) is 0 Å². The summed E-state index contributed by atoms with van der Waals surface area (Å²) in [4.78, 5) is 27.3. The van der Waals surface area contributed by atoms with Gasteiger partial charge in [-0.2, -0.15) is 0 Å². The molecule has 30 heavy (non-hydrogen) atoms. The summed E-state index contributed by atoms with van der Waals surface area (Å²) in [6.07, 6.45) is 3.51. The Morgan fingerprint density at radius 2 is 1.70 bits per heavy atom. The summed E-state index contributed by atoms with van der Waals surface area (Å²) in [7, 11) is 0. The van der Waals surface area contributed by atoms with E-state index in [1.54, 1.807) is 0 Å². The second kappa shape index (κ2) is 7.88. The molecule has 1 aromatic rings. The van der Waals surface area contributed by atoms with Gasteiger partial charge in [0.15, 0.2) is 5.60 Å². The Kier molecular flexibility index (Phi) is 5.56. The van der Waals surface area contributed by atoms with Gasteiger partial charge in [-0.1, -0.05) is 43.2 Å². The van der Waals surface area contributed by atoms with Gasteiger partial charge >= 0.3 is 6.09 Å². The zero-order chi connectivity index (χ0) is 21.5. The second-order valence-corrected chi connectivity index (χ2v) is 10.3. The fourth-order valence-electron chi connectivity index (χ4n) is 5.39. The molecule has 3 atom stereocenters. The summed E-state index contributed by atoms with van der Waals surface area (Å²) >= 11 is 0. The second-order valence-electron chi connectivity index (χ2n) is 10.3. The quantitative estimate of drug-likeness (QED) is 0.775. The Morgan fingerprint density at radius 3 is 2.27 bits per heavy atom. The molecular weight excluding hydrogens is 380 g/mol. The number of nitrogens with zero attached hydrogens (tertiary/aromatic N) is 1. The van der Waals surface area contributed by atoms with Crippen molar-refractivity contribution in [3.05, 3.63) is 35.9 Å². The van der Waals surface area contributed by atoms with Crippen molar-refractivity contribution < 1.29 is 19.4 Å². The zero-order valence-corrected chi connectivity index (χ0v) is 18.3. The summed E-state index contributed by atoms with van der Waals surface area (Å²) in [5.74, 6) is 0.860. The minimum atomic E-state index is -1.44. The minimum Gasteiger partial charge on any atom is -0.449 e. The predicted octanol–water partition coefficient (Wildman–Crippen LogP) is 3.29. The predicted molar refractivity (Wildman–Crippen MR) is 114 cm³/mol. The molecule has 3 aliphatic rings. The van der Waals surface area contributed by atoms with Crippen molar-refractivity contribution in [1.82, 2.24) is 10.2 Å². The SMILES string of the molecule is CC(C)(C)NC(=O)OCC1C2CN(C(=O)C(O)(c3ccccc3)C3CCCC3)CC12. The van der Waals surface area contributed by atoms with Crippen molar-refractivity contribution in [3.8, 4) is 0 Å². The van der Waals surface area contributed by atoms with Crippen LogP contribution in [0.4, 0.5) is 4.79 Å². The zero-order valence-electron chi connectivity index (χ0n) is 18.3. The molecule has 2 aliphatic carbocycles. The van der Waals surface area contributed by atoms with Gasteiger partial charge in [-0.3, -0.25) is 4.79 Å². The highest BCUT2D eigenvalue weighted by atomic mass is 16.5. The Bertz CT molecular complexity index is 772. The standard InChI is InChI=1S/C24H34N2O4/c1-23(2,3)25-22(28)30-15-20-18-13-26(14-19(18)20)21(27)24(29,17-11-7-8-12-17)16-9-5-4-6-10-16/h4-6,9-10,17-20,29H,7-8,11-15H2,1-3H3,(H,25,28). The van der Waals surface area contributed by atoms with Crippen LogP contribution in [-0.2, 0) is 15.1 Å². The maximum absolute atomic E-state index is 13.5. The number of piperidine rings is 1. The summed E-state index contributed by atoms with van der Waals surface area (Å²) in [5, 5.41) is 14.5. The molecule has 0 aromatic heterocycles. The maximum Gasteiger partial charge on any atom is 0.407 e. The smallest absolute Gasteiger partial charge is 0.407 e. The third-order valence-corrected chi connectivity index (χ3v) is 7.03. The van der Waals surface area contributed by atoms with Gasteiger partial charge in [0.05, 0.1) is 6.61 Å². The summed E-state index contributed by atoms with van der Waals surface area (Å²) in [6.45, 7) is 7.43. The van der Waals surface area contributed by atoms with Crippen molar-refractivity contribution in [1.29, 1.82) is 0 Å². The lowest BCUT2D eigenvalue weighted by molar-refractivity contribution is -0.159. The highest BCUT2D eigenvalue weighted by Crippen LogP contribution is 2.53. The van der Waals surface area contributed by atoms with Crippen molar-refractivity contribution in [3.63, 3.8) is 0 Å². The Hall–Kier alpha value is -2.08. The lowest BCUT2D eigenvalue weighted by Crippen LogP contribution is -2.51. The average Bonchev–Trinajstić information content (AvgIpc) is 3.13. The molecule has 4 rings (SSSR count). The number of alkyl carbamates (subject to hydrolysis) is 1.